The molecule has 0 aliphatic heterocycles. The van der Waals surface area contributed by atoms with Crippen molar-refractivity contribution in [2.24, 2.45) is 0 Å². The molecule has 1 heterocycles. The molecule has 5 nitrogen and oxygen atoms in total. The molecule has 0 spiro atoms. The van der Waals surface area contributed by atoms with Crippen LogP contribution in [0.5, 0.6) is 11.5 Å². The Morgan fingerprint density at radius 3 is 2.00 bits per heavy atom. The fourth-order valence-corrected chi connectivity index (χ4v) is 2.44. The highest BCUT2D eigenvalue weighted by Gasteiger charge is 2.12. The van der Waals surface area contributed by atoms with Crippen molar-refractivity contribution < 1.29 is 35.8 Å². The number of hydrogen-bond donors (Lipinski definition) is 0. The summed E-state index contributed by atoms with van der Waals surface area (Å²) in [6, 6.07) is 16.7. The van der Waals surface area contributed by atoms with Crippen molar-refractivity contribution >= 4 is 5.78 Å². The van der Waals surface area contributed by atoms with E-state index in [1.165, 1.54) is 0 Å². The number of halogens is 1. The molecule has 0 radical (unpaired) electrons. The van der Waals surface area contributed by atoms with Crippen LogP contribution in [0.2, 0.25) is 0 Å². The molecular weight excluding hydrogens is 396 g/mol. The quantitative estimate of drug-likeness (QED) is 0.418. The Morgan fingerprint density at radius 1 is 0.923 bits per heavy atom. The number of hydrogen-bond acceptors (Lipinski definition) is 4. The fraction of sp³-hybridized carbons (Fsp3) is 0.150. The molecule has 3 aromatic rings. The third-order valence-corrected chi connectivity index (χ3v) is 3.89. The van der Waals surface area contributed by atoms with Gasteiger partial charge in [-0.15, -0.1) is 0 Å². The Hall–Kier alpha value is -2.73. The van der Waals surface area contributed by atoms with Crippen LogP contribution < -0.4 is 31.0 Å². The first-order valence-electron chi connectivity index (χ1n) is 7.86. The van der Waals surface area contributed by atoms with Crippen molar-refractivity contribution in [1.29, 1.82) is 0 Å². The minimum absolute atomic E-state index is 0. The number of Topliss-reactive ketones (excluding diaryl/α,β-unsaturated/α-hetero) is 1. The zero-order valence-electron chi connectivity index (χ0n) is 14.6. The molecule has 0 saturated carbocycles. The number of nitrogens with zero attached hydrogens (tertiary/aromatic N) is 2. The average molecular weight is 415 g/mol. The summed E-state index contributed by atoms with van der Waals surface area (Å²) in [6.45, 7) is 0.238. The molecule has 0 fully saturated rings. The third-order valence-electron chi connectivity index (χ3n) is 3.89. The van der Waals surface area contributed by atoms with E-state index in [0.717, 1.165) is 22.8 Å². The number of aromatic nitrogens is 2. The van der Waals surface area contributed by atoms with E-state index in [1.807, 2.05) is 36.5 Å². The molecule has 3 rings (SSSR count). The van der Waals surface area contributed by atoms with Gasteiger partial charge in [-0.1, -0.05) is 0 Å². The first-order valence-corrected chi connectivity index (χ1v) is 7.86. The van der Waals surface area contributed by atoms with Gasteiger partial charge in [-0.05, 0) is 53.5 Å². The number of carbonyl (C=O) groups is 1. The molecular formula is C20H19BrN2O3. The van der Waals surface area contributed by atoms with Crippen molar-refractivity contribution in [2.45, 2.75) is 6.54 Å². The van der Waals surface area contributed by atoms with Crippen LogP contribution in [0.3, 0.4) is 0 Å². The van der Waals surface area contributed by atoms with Gasteiger partial charge in [0.25, 0.3) is 6.33 Å². The van der Waals surface area contributed by atoms with Gasteiger partial charge in [0, 0.05) is 17.2 Å². The topological polar surface area (TPSA) is 52.3 Å². The lowest BCUT2D eigenvalue weighted by molar-refractivity contribution is -0.686. The summed E-state index contributed by atoms with van der Waals surface area (Å²) in [5.41, 5.74) is 2.48. The maximum atomic E-state index is 12.3. The lowest BCUT2D eigenvalue weighted by Crippen LogP contribution is -3.00. The minimum atomic E-state index is 0. The molecule has 1 aromatic heterocycles. The lowest BCUT2D eigenvalue weighted by atomic mass is 10.1. The molecule has 26 heavy (non-hydrogen) atoms. The summed E-state index contributed by atoms with van der Waals surface area (Å²) in [7, 11) is 3.24. The van der Waals surface area contributed by atoms with Crippen molar-refractivity contribution in [2.75, 3.05) is 14.2 Å². The monoisotopic (exact) mass is 414 g/mol. The molecule has 0 aliphatic rings. The van der Waals surface area contributed by atoms with Gasteiger partial charge < -0.3 is 26.5 Å². The van der Waals surface area contributed by atoms with E-state index < -0.39 is 0 Å². The largest absolute Gasteiger partial charge is 1.00 e. The second-order valence-corrected chi connectivity index (χ2v) is 5.50. The van der Waals surface area contributed by atoms with Crippen LogP contribution in [-0.2, 0) is 6.54 Å². The van der Waals surface area contributed by atoms with Crippen molar-refractivity contribution in [3.05, 3.63) is 72.7 Å². The van der Waals surface area contributed by atoms with Gasteiger partial charge in [0.15, 0.2) is 12.2 Å². The Bertz CT molecular complexity index is 848. The van der Waals surface area contributed by atoms with E-state index in [0.29, 0.717) is 5.56 Å². The fourth-order valence-electron chi connectivity index (χ4n) is 2.44. The zero-order valence-corrected chi connectivity index (χ0v) is 16.1. The molecule has 0 saturated heterocycles. The number of benzene rings is 2. The number of ether oxygens (including phenoxy) is 2. The summed E-state index contributed by atoms with van der Waals surface area (Å²) >= 11 is 0. The van der Waals surface area contributed by atoms with Gasteiger partial charge in [0.05, 0.1) is 20.4 Å². The first kappa shape index (κ1) is 19.6. The smallest absolute Gasteiger partial charge is 0.287 e. The van der Waals surface area contributed by atoms with E-state index in [-0.39, 0.29) is 29.3 Å². The van der Waals surface area contributed by atoms with Crippen molar-refractivity contribution in [3.8, 4) is 22.8 Å². The summed E-state index contributed by atoms with van der Waals surface area (Å²) in [5, 5.41) is 0. The summed E-state index contributed by atoms with van der Waals surface area (Å²) in [5.74, 6) is 1.56. The van der Waals surface area contributed by atoms with E-state index in [2.05, 4.69) is 4.98 Å². The van der Waals surface area contributed by atoms with Gasteiger partial charge in [0.1, 0.15) is 11.5 Å². The number of carbonyl (C=O) groups excluding carboxylic acids is 1. The van der Waals surface area contributed by atoms with Crippen LogP contribution in [0.25, 0.3) is 11.3 Å². The molecule has 0 N–H and O–H groups in total. The van der Waals surface area contributed by atoms with E-state index in [9.17, 15) is 4.79 Å². The Balaban J connectivity index is 0.00000243. The van der Waals surface area contributed by atoms with Gasteiger partial charge in [-0.2, -0.15) is 0 Å². The van der Waals surface area contributed by atoms with Gasteiger partial charge in [-0.25, -0.2) is 4.57 Å². The number of ketones is 1. The average Bonchev–Trinajstić information content (AvgIpc) is 2.68. The van der Waals surface area contributed by atoms with Crippen LogP contribution in [0.15, 0.2) is 67.1 Å². The van der Waals surface area contributed by atoms with Crippen molar-refractivity contribution in [1.82, 2.24) is 4.98 Å². The Labute approximate surface area is 163 Å². The summed E-state index contributed by atoms with van der Waals surface area (Å²) in [6.07, 6.45) is 3.52. The molecule has 134 valence electrons. The molecule has 0 bridgehead atoms. The zero-order chi connectivity index (χ0) is 17.6. The number of methoxy groups -OCH3 is 2. The first-order chi connectivity index (χ1) is 12.2. The summed E-state index contributed by atoms with van der Waals surface area (Å²) < 4.78 is 12.0. The second-order valence-electron chi connectivity index (χ2n) is 5.50. The maximum absolute atomic E-state index is 12.3. The van der Waals surface area contributed by atoms with E-state index in [4.69, 9.17) is 9.47 Å². The highest BCUT2D eigenvalue weighted by atomic mass is 79.9. The van der Waals surface area contributed by atoms with Gasteiger partial charge in [0.2, 0.25) is 5.78 Å². The van der Waals surface area contributed by atoms with Crippen LogP contribution in [-0.4, -0.2) is 25.0 Å². The van der Waals surface area contributed by atoms with Crippen LogP contribution >= 0.6 is 0 Å². The maximum Gasteiger partial charge on any atom is 0.287 e. The molecule has 0 aliphatic carbocycles. The molecule has 0 amide bonds. The predicted octanol–water partition coefficient (Wildman–Crippen LogP) is -0.0598. The second kappa shape index (κ2) is 9.10. The highest BCUT2D eigenvalue weighted by Crippen LogP contribution is 2.19. The number of rotatable bonds is 6. The van der Waals surface area contributed by atoms with E-state index in [1.54, 1.807) is 49.4 Å². The SMILES string of the molecule is COc1ccc(C(=O)C[n+]2ccc(-c3ccc(OC)cc3)nc2)cc1.[Br-]. The van der Waals surface area contributed by atoms with E-state index >= 15 is 0 Å². The van der Waals surface area contributed by atoms with Crippen molar-refractivity contribution in [3.63, 3.8) is 0 Å². The predicted molar refractivity (Wildman–Crippen MR) is 93.7 cm³/mol. The summed E-state index contributed by atoms with van der Waals surface area (Å²) in [4.78, 5) is 16.8. The molecule has 0 unspecified atom stereocenters. The minimum Gasteiger partial charge on any atom is -1.00 e. The highest BCUT2D eigenvalue weighted by molar-refractivity contribution is 5.95. The molecule has 2 aromatic carbocycles. The Kier molecular flexibility index (Phi) is 6.86. The van der Waals surface area contributed by atoms with Gasteiger partial charge in [-0.3, -0.25) is 4.79 Å². The van der Waals surface area contributed by atoms with Crippen LogP contribution in [0.1, 0.15) is 10.4 Å². The standard InChI is InChI=1S/C20H19N2O3.BrH/c1-24-17-7-3-15(4-8-17)19-11-12-22(14-21-19)13-20(23)16-5-9-18(25-2)10-6-16;/h3-12,14H,13H2,1-2H3;1H/q+1;/p-1. The molecule has 6 heteroatoms. The third kappa shape index (κ3) is 4.67. The van der Waals surface area contributed by atoms with Crippen LogP contribution in [0.4, 0.5) is 0 Å². The van der Waals surface area contributed by atoms with Crippen LogP contribution in [0, 0.1) is 0 Å². The Morgan fingerprint density at radius 2 is 1.50 bits per heavy atom. The molecule has 0 atom stereocenters. The lowest BCUT2D eigenvalue weighted by Gasteiger charge is -2.03. The van der Waals surface area contributed by atoms with Gasteiger partial charge >= 0.3 is 0 Å². The normalized spacial score (nSPS) is 9.92.